The number of aryl methyl sites for hydroxylation is 1. The molecule has 1 fully saturated rings. The highest BCUT2D eigenvalue weighted by atomic mass is 16.5. The average Bonchev–Trinajstić information content (AvgIpc) is 3.07. The third-order valence-corrected chi connectivity index (χ3v) is 4.21. The zero-order valence-corrected chi connectivity index (χ0v) is 14.4. The molecule has 0 unspecified atom stereocenters. The molecule has 1 aromatic heterocycles. The van der Waals surface area contributed by atoms with E-state index in [9.17, 15) is 0 Å². The second-order valence-electron chi connectivity index (χ2n) is 6.00. The van der Waals surface area contributed by atoms with Gasteiger partial charge in [0.2, 0.25) is 0 Å². The molecular formula is C18H24N4O2. The van der Waals surface area contributed by atoms with Crippen LogP contribution >= 0.6 is 0 Å². The van der Waals surface area contributed by atoms with Crippen LogP contribution in [0.1, 0.15) is 31.5 Å². The summed E-state index contributed by atoms with van der Waals surface area (Å²) in [5.74, 6) is 3.81. The van der Waals surface area contributed by atoms with Gasteiger partial charge < -0.3 is 20.1 Å². The van der Waals surface area contributed by atoms with Crippen LogP contribution in [0.3, 0.4) is 0 Å². The Kier molecular flexibility index (Phi) is 5.03. The lowest BCUT2D eigenvalue weighted by atomic mass is 10.2. The molecule has 128 valence electrons. The smallest absolute Gasteiger partial charge is 0.142 e. The van der Waals surface area contributed by atoms with Crippen LogP contribution in [0, 0.1) is 6.92 Å². The number of hydrogen-bond acceptors (Lipinski definition) is 6. The molecule has 0 bridgehead atoms. The average molecular weight is 328 g/mol. The fourth-order valence-electron chi connectivity index (χ4n) is 3.03. The van der Waals surface area contributed by atoms with E-state index in [1.165, 1.54) is 25.7 Å². The Morgan fingerprint density at radius 1 is 1.00 bits per heavy atom. The van der Waals surface area contributed by atoms with Gasteiger partial charge in [0, 0.05) is 18.2 Å². The number of ether oxygens (including phenoxy) is 2. The molecule has 0 aliphatic heterocycles. The predicted octanol–water partition coefficient (Wildman–Crippen LogP) is 3.90. The molecule has 6 heteroatoms. The van der Waals surface area contributed by atoms with E-state index in [4.69, 9.17) is 9.47 Å². The van der Waals surface area contributed by atoms with Crippen LogP contribution in [-0.2, 0) is 0 Å². The molecule has 2 aromatic rings. The van der Waals surface area contributed by atoms with Crippen LogP contribution in [-0.4, -0.2) is 30.2 Å². The van der Waals surface area contributed by atoms with Gasteiger partial charge in [0.1, 0.15) is 29.0 Å². The number of nitrogens with zero attached hydrogens (tertiary/aromatic N) is 2. The lowest BCUT2D eigenvalue weighted by molar-refractivity contribution is 0.405. The van der Waals surface area contributed by atoms with Gasteiger partial charge in [-0.1, -0.05) is 12.8 Å². The van der Waals surface area contributed by atoms with E-state index >= 15 is 0 Å². The standard InChI is InChI=1S/C18H24N4O2/c1-12-19-17(21-13-6-4-5-7-13)11-18(20-12)22-15-10-14(23-2)8-9-16(15)24-3/h8-11,13H,4-7H2,1-3H3,(H2,19,20,21,22). The molecule has 3 rings (SSSR count). The van der Waals surface area contributed by atoms with Crippen molar-refractivity contribution in [2.75, 3.05) is 24.9 Å². The fourth-order valence-corrected chi connectivity index (χ4v) is 3.03. The number of hydrogen-bond donors (Lipinski definition) is 2. The van der Waals surface area contributed by atoms with E-state index in [0.717, 1.165) is 34.6 Å². The zero-order chi connectivity index (χ0) is 16.9. The SMILES string of the molecule is COc1ccc(OC)c(Nc2cc(NC3CCCC3)nc(C)n2)c1. The van der Waals surface area contributed by atoms with E-state index in [0.29, 0.717) is 6.04 Å². The number of benzene rings is 1. The molecule has 0 spiro atoms. The molecule has 2 N–H and O–H groups in total. The number of methoxy groups -OCH3 is 2. The normalized spacial score (nSPS) is 14.5. The summed E-state index contributed by atoms with van der Waals surface area (Å²) >= 11 is 0. The van der Waals surface area contributed by atoms with Gasteiger partial charge in [-0.2, -0.15) is 0 Å². The third kappa shape index (κ3) is 3.88. The van der Waals surface area contributed by atoms with Crippen LogP contribution in [0.15, 0.2) is 24.3 Å². The van der Waals surface area contributed by atoms with Crippen molar-refractivity contribution in [3.63, 3.8) is 0 Å². The topological polar surface area (TPSA) is 68.3 Å². The highest BCUT2D eigenvalue weighted by Gasteiger charge is 2.16. The van der Waals surface area contributed by atoms with Gasteiger partial charge in [-0.15, -0.1) is 0 Å². The van der Waals surface area contributed by atoms with Gasteiger partial charge >= 0.3 is 0 Å². The van der Waals surface area contributed by atoms with Crippen LogP contribution in [0.4, 0.5) is 17.3 Å². The van der Waals surface area contributed by atoms with E-state index in [1.54, 1.807) is 14.2 Å². The Morgan fingerprint density at radius 3 is 2.46 bits per heavy atom. The second kappa shape index (κ2) is 7.38. The zero-order valence-electron chi connectivity index (χ0n) is 14.4. The predicted molar refractivity (Wildman–Crippen MR) is 95.5 cm³/mol. The third-order valence-electron chi connectivity index (χ3n) is 4.21. The largest absolute Gasteiger partial charge is 0.497 e. The fraction of sp³-hybridized carbons (Fsp3) is 0.444. The number of nitrogens with one attached hydrogen (secondary N) is 2. The Morgan fingerprint density at radius 2 is 1.75 bits per heavy atom. The quantitative estimate of drug-likeness (QED) is 0.838. The van der Waals surface area contributed by atoms with E-state index in [2.05, 4.69) is 20.6 Å². The Balaban J connectivity index is 1.82. The Labute approximate surface area is 142 Å². The molecule has 0 saturated heterocycles. The van der Waals surface area contributed by atoms with Crippen molar-refractivity contribution in [3.05, 3.63) is 30.1 Å². The van der Waals surface area contributed by atoms with E-state index in [1.807, 2.05) is 31.2 Å². The van der Waals surface area contributed by atoms with Gasteiger partial charge in [0.15, 0.2) is 0 Å². The van der Waals surface area contributed by atoms with Crippen molar-refractivity contribution in [1.29, 1.82) is 0 Å². The van der Waals surface area contributed by atoms with Crippen LogP contribution in [0.5, 0.6) is 11.5 Å². The second-order valence-corrected chi connectivity index (χ2v) is 6.00. The molecule has 24 heavy (non-hydrogen) atoms. The summed E-state index contributed by atoms with van der Waals surface area (Å²) in [6.07, 6.45) is 4.98. The van der Waals surface area contributed by atoms with Gasteiger partial charge in [0.05, 0.1) is 19.9 Å². The molecule has 1 aliphatic carbocycles. The Bertz CT molecular complexity index is 699. The van der Waals surface area contributed by atoms with Crippen LogP contribution in [0.25, 0.3) is 0 Å². The number of anilines is 3. The number of rotatable bonds is 6. The first-order valence-electron chi connectivity index (χ1n) is 8.29. The van der Waals surface area contributed by atoms with E-state index in [-0.39, 0.29) is 0 Å². The maximum Gasteiger partial charge on any atom is 0.142 e. The summed E-state index contributed by atoms with van der Waals surface area (Å²) in [4.78, 5) is 8.97. The van der Waals surface area contributed by atoms with Crippen LogP contribution in [0.2, 0.25) is 0 Å². The maximum absolute atomic E-state index is 5.41. The first kappa shape index (κ1) is 16.4. The molecule has 0 atom stereocenters. The lowest BCUT2D eigenvalue weighted by Crippen LogP contribution is -2.16. The summed E-state index contributed by atoms with van der Waals surface area (Å²) in [5, 5.41) is 6.82. The van der Waals surface area contributed by atoms with Crippen molar-refractivity contribution in [3.8, 4) is 11.5 Å². The van der Waals surface area contributed by atoms with Gasteiger partial charge in [0.25, 0.3) is 0 Å². The highest BCUT2D eigenvalue weighted by Crippen LogP contribution is 2.31. The summed E-state index contributed by atoms with van der Waals surface area (Å²) in [6, 6.07) is 8.07. The lowest BCUT2D eigenvalue weighted by Gasteiger charge is -2.16. The summed E-state index contributed by atoms with van der Waals surface area (Å²) in [7, 11) is 3.29. The molecule has 0 radical (unpaired) electrons. The number of aromatic nitrogens is 2. The molecular weight excluding hydrogens is 304 g/mol. The van der Waals surface area contributed by atoms with Crippen molar-refractivity contribution in [2.45, 2.75) is 38.6 Å². The minimum Gasteiger partial charge on any atom is -0.497 e. The van der Waals surface area contributed by atoms with Gasteiger partial charge in [-0.05, 0) is 31.9 Å². The molecule has 6 nitrogen and oxygen atoms in total. The Hall–Kier alpha value is -2.50. The monoisotopic (exact) mass is 328 g/mol. The molecule has 0 amide bonds. The van der Waals surface area contributed by atoms with Crippen molar-refractivity contribution >= 4 is 17.3 Å². The van der Waals surface area contributed by atoms with Crippen molar-refractivity contribution in [2.24, 2.45) is 0 Å². The highest BCUT2D eigenvalue weighted by molar-refractivity contribution is 5.67. The van der Waals surface area contributed by atoms with Crippen molar-refractivity contribution < 1.29 is 9.47 Å². The minimum atomic E-state index is 0.513. The summed E-state index contributed by atoms with van der Waals surface area (Å²) in [6.45, 7) is 1.90. The van der Waals surface area contributed by atoms with Crippen LogP contribution < -0.4 is 20.1 Å². The maximum atomic E-state index is 5.41. The van der Waals surface area contributed by atoms with Gasteiger partial charge in [-0.3, -0.25) is 0 Å². The van der Waals surface area contributed by atoms with E-state index < -0.39 is 0 Å². The first-order valence-corrected chi connectivity index (χ1v) is 8.29. The van der Waals surface area contributed by atoms with Gasteiger partial charge in [-0.25, -0.2) is 9.97 Å². The first-order chi connectivity index (χ1) is 11.7. The summed E-state index contributed by atoms with van der Waals surface area (Å²) < 4.78 is 10.7. The molecule has 1 saturated carbocycles. The van der Waals surface area contributed by atoms with Crippen molar-refractivity contribution in [1.82, 2.24) is 9.97 Å². The molecule has 1 aliphatic rings. The summed E-state index contributed by atoms with van der Waals surface area (Å²) in [5.41, 5.74) is 0.807. The molecule has 1 aromatic carbocycles. The molecule has 1 heterocycles. The minimum absolute atomic E-state index is 0.513.